The van der Waals surface area contributed by atoms with Gasteiger partial charge in [0.05, 0.1) is 38.5 Å². The van der Waals surface area contributed by atoms with Gasteiger partial charge in [-0.2, -0.15) is 0 Å². The van der Waals surface area contributed by atoms with Gasteiger partial charge in [-0.15, -0.1) is 0 Å². The van der Waals surface area contributed by atoms with Crippen molar-refractivity contribution in [3.05, 3.63) is 72.3 Å². The number of hydrogen-bond donors (Lipinski definition) is 1. The lowest BCUT2D eigenvalue weighted by molar-refractivity contribution is -0.119. The minimum Gasteiger partial charge on any atom is -0.497 e. The number of methoxy groups -OCH3 is 3. The molecule has 3 aromatic carbocycles. The van der Waals surface area contributed by atoms with E-state index in [9.17, 15) is 13.2 Å². The number of sulfonamides is 1. The number of rotatable bonds is 13. The van der Waals surface area contributed by atoms with Crippen molar-refractivity contribution in [2.75, 3.05) is 45.3 Å². The van der Waals surface area contributed by atoms with Crippen LogP contribution in [0, 0.1) is 0 Å². The second-order valence-corrected chi connectivity index (χ2v) is 9.77. The first-order chi connectivity index (χ1) is 17.8. The molecular weight excluding hydrogens is 496 g/mol. The van der Waals surface area contributed by atoms with E-state index in [-0.39, 0.29) is 10.6 Å². The van der Waals surface area contributed by atoms with Gasteiger partial charge in [-0.1, -0.05) is 12.1 Å². The summed E-state index contributed by atoms with van der Waals surface area (Å²) in [6.45, 7) is 2.27. The van der Waals surface area contributed by atoms with Crippen molar-refractivity contribution in [3.63, 3.8) is 0 Å². The summed E-state index contributed by atoms with van der Waals surface area (Å²) in [6, 6.07) is 18.4. The smallest absolute Gasteiger partial charge is 0.264 e. The third kappa shape index (κ3) is 7.07. The number of carbonyl (C=O) groups excluding carboxylic acids is 1. The normalized spacial score (nSPS) is 10.9. The second kappa shape index (κ2) is 12.9. The molecule has 3 rings (SSSR count). The molecule has 1 N–H and O–H groups in total. The van der Waals surface area contributed by atoms with Gasteiger partial charge in [-0.3, -0.25) is 9.10 Å². The van der Waals surface area contributed by atoms with Crippen LogP contribution < -0.4 is 28.6 Å². The Labute approximate surface area is 218 Å². The van der Waals surface area contributed by atoms with Crippen LogP contribution in [0.15, 0.2) is 71.6 Å². The third-order valence-corrected chi connectivity index (χ3v) is 7.33. The molecule has 0 heterocycles. The number of anilines is 1. The predicted octanol–water partition coefficient (Wildman–Crippen LogP) is 3.67. The molecule has 0 aliphatic heterocycles. The molecule has 0 spiro atoms. The van der Waals surface area contributed by atoms with Crippen LogP contribution in [-0.2, 0) is 21.2 Å². The zero-order chi connectivity index (χ0) is 26.8. The van der Waals surface area contributed by atoms with Crippen LogP contribution in [0.2, 0.25) is 0 Å². The number of benzene rings is 3. The van der Waals surface area contributed by atoms with E-state index in [1.165, 1.54) is 32.4 Å². The first-order valence-electron chi connectivity index (χ1n) is 11.7. The van der Waals surface area contributed by atoms with E-state index in [4.69, 9.17) is 18.9 Å². The lowest BCUT2D eigenvalue weighted by Crippen LogP contribution is -2.41. The van der Waals surface area contributed by atoms with Gasteiger partial charge in [-0.25, -0.2) is 8.42 Å². The fourth-order valence-electron chi connectivity index (χ4n) is 3.62. The van der Waals surface area contributed by atoms with Crippen LogP contribution in [0.5, 0.6) is 23.0 Å². The van der Waals surface area contributed by atoms with Crippen LogP contribution in [0.1, 0.15) is 12.5 Å². The molecule has 0 saturated heterocycles. The number of nitrogens with one attached hydrogen (secondary N) is 1. The largest absolute Gasteiger partial charge is 0.497 e. The van der Waals surface area contributed by atoms with Crippen molar-refractivity contribution in [1.82, 2.24) is 5.32 Å². The standard InChI is InChI=1S/C27H32N2O7S/c1-5-36-23-12-8-21(9-13-23)29(37(31,32)24-14-15-25(34-3)26(18-24)35-4)19-27(30)28-17-16-20-6-10-22(33-2)11-7-20/h6-15,18H,5,16-17,19H2,1-4H3,(H,28,30). The Bertz CT molecular complexity index is 1280. The number of nitrogens with zero attached hydrogens (tertiary/aromatic N) is 1. The SMILES string of the molecule is CCOc1ccc(N(CC(=O)NCCc2ccc(OC)cc2)S(=O)(=O)c2ccc(OC)c(OC)c2)cc1. The molecule has 9 nitrogen and oxygen atoms in total. The molecule has 1 amide bonds. The van der Waals surface area contributed by atoms with E-state index in [0.717, 1.165) is 15.6 Å². The highest BCUT2D eigenvalue weighted by molar-refractivity contribution is 7.92. The Hall–Kier alpha value is -3.92. The lowest BCUT2D eigenvalue weighted by Gasteiger charge is -2.24. The van der Waals surface area contributed by atoms with Crippen LogP contribution in [0.4, 0.5) is 5.69 Å². The molecule has 37 heavy (non-hydrogen) atoms. The van der Waals surface area contributed by atoms with Crippen LogP contribution in [0.25, 0.3) is 0 Å². The molecule has 0 radical (unpaired) electrons. The summed E-state index contributed by atoms with van der Waals surface area (Å²) in [5.74, 6) is 1.56. The molecule has 0 saturated carbocycles. The molecule has 0 aliphatic carbocycles. The van der Waals surface area contributed by atoms with Gasteiger partial charge in [-0.05, 0) is 67.4 Å². The molecule has 198 valence electrons. The second-order valence-electron chi connectivity index (χ2n) is 7.90. The van der Waals surface area contributed by atoms with Gasteiger partial charge in [0.25, 0.3) is 10.0 Å². The van der Waals surface area contributed by atoms with Gasteiger partial charge in [0.15, 0.2) is 11.5 Å². The average molecular weight is 529 g/mol. The van der Waals surface area contributed by atoms with E-state index in [0.29, 0.717) is 36.8 Å². The molecule has 0 bridgehead atoms. The van der Waals surface area contributed by atoms with Crippen molar-refractivity contribution >= 4 is 21.6 Å². The number of hydrogen-bond acceptors (Lipinski definition) is 7. The van der Waals surface area contributed by atoms with Crippen LogP contribution >= 0.6 is 0 Å². The fraction of sp³-hybridized carbons (Fsp3) is 0.296. The summed E-state index contributed by atoms with van der Waals surface area (Å²) >= 11 is 0. The summed E-state index contributed by atoms with van der Waals surface area (Å²) in [5, 5.41) is 2.81. The summed E-state index contributed by atoms with van der Waals surface area (Å²) in [4.78, 5) is 12.8. The first-order valence-corrected chi connectivity index (χ1v) is 13.1. The van der Waals surface area contributed by atoms with Crippen molar-refractivity contribution < 1.29 is 32.2 Å². The average Bonchev–Trinajstić information content (AvgIpc) is 2.92. The topological polar surface area (TPSA) is 103 Å². The van der Waals surface area contributed by atoms with E-state index in [1.807, 2.05) is 31.2 Å². The van der Waals surface area contributed by atoms with Gasteiger partial charge in [0.2, 0.25) is 5.91 Å². The summed E-state index contributed by atoms with van der Waals surface area (Å²) < 4.78 is 49.6. The third-order valence-electron chi connectivity index (χ3n) is 5.56. The Morgan fingerprint density at radius 2 is 1.49 bits per heavy atom. The summed E-state index contributed by atoms with van der Waals surface area (Å²) in [5.41, 5.74) is 1.34. The molecule has 0 fully saturated rings. The quantitative estimate of drug-likeness (QED) is 0.361. The highest BCUT2D eigenvalue weighted by atomic mass is 32.2. The highest BCUT2D eigenvalue weighted by Crippen LogP contribution is 2.32. The fourth-order valence-corrected chi connectivity index (χ4v) is 5.06. The Balaban J connectivity index is 1.82. The molecule has 3 aromatic rings. The maximum atomic E-state index is 13.7. The number of amides is 1. The van der Waals surface area contributed by atoms with E-state index >= 15 is 0 Å². The van der Waals surface area contributed by atoms with Crippen molar-refractivity contribution in [2.24, 2.45) is 0 Å². The van der Waals surface area contributed by atoms with E-state index < -0.39 is 22.5 Å². The highest BCUT2D eigenvalue weighted by Gasteiger charge is 2.28. The van der Waals surface area contributed by atoms with Gasteiger partial charge < -0.3 is 24.3 Å². The zero-order valence-electron chi connectivity index (χ0n) is 21.4. The number of carbonyl (C=O) groups is 1. The molecule has 0 unspecified atom stereocenters. The predicted molar refractivity (Wildman–Crippen MR) is 141 cm³/mol. The van der Waals surface area contributed by atoms with Gasteiger partial charge >= 0.3 is 0 Å². The Kier molecular flexibility index (Phi) is 9.62. The van der Waals surface area contributed by atoms with Crippen molar-refractivity contribution in [3.8, 4) is 23.0 Å². The Morgan fingerprint density at radius 1 is 0.838 bits per heavy atom. The minimum absolute atomic E-state index is 0.0370. The number of ether oxygens (including phenoxy) is 4. The van der Waals surface area contributed by atoms with Crippen molar-refractivity contribution in [2.45, 2.75) is 18.2 Å². The zero-order valence-corrected chi connectivity index (χ0v) is 22.2. The minimum atomic E-state index is -4.13. The van der Waals surface area contributed by atoms with E-state index in [1.54, 1.807) is 31.4 Å². The van der Waals surface area contributed by atoms with E-state index in [2.05, 4.69) is 5.32 Å². The molecule has 0 aliphatic rings. The van der Waals surface area contributed by atoms with Gasteiger partial charge in [0, 0.05) is 12.6 Å². The molecule has 10 heteroatoms. The van der Waals surface area contributed by atoms with Gasteiger partial charge in [0.1, 0.15) is 18.0 Å². The maximum Gasteiger partial charge on any atom is 0.264 e. The summed E-state index contributed by atoms with van der Waals surface area (Å²) in [6.07, 6.45) is 0.585. The molecule has 0 aromatic heterocycles. The van der Waals surface area contributed by atoms with Crippen molar-refractivity contribution in [1.29, 1.82) is 0 Å². The van der Waals surface area contributed by atoms with Crippen LogP contribution in [0.3, 0.4) is 0 Å². The molecule has 0 atom stereocenters. The first kappa shape index (κ1) is 27.7. The maximum absolute atomic E-state index is 13.7. The Morgan fingerprint density at radius 3 is 2.08 bits per heavy atom. The molecular formula is C27H32N2O7S. The van der Waals surface area contributed by atoms with Crippen LogP contribution in [-0.4, -0.2) is 55.4 Å². The monoisotopic (exact) mass is 528 g/mol. The lowest BCUT2D eigenvalue weighted by atomic mass is 10.1. The summed E-state index contributed by atoms with van der Waals surface area (Å²) in [7, 11) is 0.356.